The first kappa shape index (κ1) is 9.20. The Labute approximate surface area is 82.9 Å². The molecule has 0 unspecified atom stereocenters. The summed E-state index contributed by atoms with van der Waals surface area (Å²) in [5.41, 5.74) is 1.71. The SMILES string of the molecule is N#Cc1cccc(COC2COC2)c1. The lowest BCUT2D eigenvalue weighted by molar-refractivity contribution is -0.135. The number of ether oxygens (including phenoxy) is 2. The van der Waals surface area contributed by atoms with Gasteiger partial charge in [-0.3, -0.25) is 0 Å². The lowest BCUT2D eigenvalue weighted by Crippen LogP contribution is -2.35. The van der Waals surface area contributed by atoms with Crippen LogP contribution in [0.15, 0.2) is 24.3 Å². The van der Waals surface area contributed by atoms with Crippen LogP contribution in [-0.2, 0) is 16.1 Å². The molecule has 14 heavy (non-hydrogen) atoms. The summed E-state index contributed by atoms with van der Waals surface area (Å²) >= 11 is 0. The van der Waals surface area contributed by atoms with Gasteiger partial charge in [-0.15, -0.1) is 0 Å². The van der Waals surface area contributed by atoms with Gasteiger partial charge in [0.05, 0.1) is 31.5 Å². The summed E-state index contributed by atoms with van der Waals surface area (Å²) in [7, 11) is 0. The van der Waals surface area contributed by atoms with Crippen molar-refractivity contribution >= 4 is 0 Å². The third-order valence-corrected chi connectivity index (χ3v) is 2.15. The maximum Gasteiger partial charge on any atom is 0.105 e. The standard InChI is InChI=1S/C11H11NO2/c12-5-9-2-1-3-10(4-9)6-14-11-7-13-8-11/h1-4,11H,6-8H2. The molecule has 2 rings (SSSR count). The van der Waals surface area contributed by atoms with E-state index in [-0.39, 0.29) is 6.10 Å². The third-order valence-electron chi connectivity index (χ3n) is 2.15. The van der Waals surface area contributed by atoms with Crippen LogP contribution < -0.4 is 0 Å². The molecule has 1 aromatic rings. The molecule has 0 atom stereocenters. The summed E-state index contributed by atoms with van der Waals surface area (Å²) in [6, 6.07) is 9.57. The predicted molar refractivity (Wildman–Crippen MR) is 50.6 cm³/mol. The molecule has 0 aliphatic carbocycles. The summed E-state index contributed by atoms with van der Waals surface area (Å²) in [5.74, 6) is 0. The first-order chi connectivity index (χ1) is 6.88. The minimum absolute atomic E-state index is 0.237. The number of benzene rings is 1. The van der Waals surface area contributed by atoms with E-state index in [0.717, 1.165) is 5.56 Å². The highest BCUT2D eigenvalue weighted by atomic mass is 16.6. The van der Waals surface area contributed by atoms with Gasteiger partial charge in [-0.1, -0.05) is 12.1 Å². The highest BCUT2D eigenvalue weighted by Gasteiger charge is 2.18. The monoisotopic (exact) mass is 189 g/mol. The van der Waals surface area contributed by atoms with Crippen LogP contribution in [0.1, 0.15) is 11.1 Å². The molecule has 0 bridgehead atoms. The van der Waals surface area contributed by atoms with Gasteiger partial charge < -0.3 is 9.47 Å². The second-order valence-corrected chi connectivity index (χ2v) is 3.28. The maximum atomic E-state index is 8.69. The molecular weight excluding hydrogens is 178 g/mol. The number of hydrogen-bond acceptors (Lipinski definition) is 3. The van der Waals surface area contributed by atoms with Crippen LogP contribution in [0.5, 0.6) is 0 Å². The van der Waals surface area contributed by atoms with Crippen LogP contribution in [0.2, 0.25) is 0 Å². The van der Waals surface area contributed by atoms with Gasteiger partial charge in [0.25, 0.3) is 0 Å². The zero-order valence-electron chi connectivity index (χ0n) is 7.77. The minimum atomic E-state index is 0.237. The van der Waals surface area contributed by atoms with Crippen molar-refractivity contribution in [1.82, 2.24) is 0 Å². The third kappa shape index (κ3) is 2.11. The molecule has 3 nitrogen and oxygen atoms in total. The van der Waals surface area contributed by atoms with Crippen molar-refractivity contribution in [3.63, 3.8) is 0 Å². The van der Waals surface area contributed by atoms with Crippen molar-refractivity contribution in [2.75, 3.05) is 13.2 Å². The fraction of sp³-hybridized carbons (Fsp3) is 0.364. The topological polar surface area (TPSA) is 42.2 Å². The van der Waals surface area contributed by atoms with Gasteiger partial charge in [0.15, 0.2) is 0 Å². The molecule has 1 fully saturated rings. The first-order valence-corrected chi connectivity index (χ1v) is 4.57. The number of nitriles is 1. The van der Waals surface area contributed by atoms with Crippen LogP contribution >= 0.6 is 0 Å². The van der Waals surface area contributed by atoms with E-state index in [1.54, 1.807) is 6.07 Å². The molecule has 0 spiro atoms. The zero-order valence-corrected chi connectivity index (χ0v) is 7.77. The van der Waals surface area contributed by atoms with E-state index in [9.17, 15) is 0 Å². The van der Waals surface area contributed by atoms with E-state index >= 15 is 0 Å². The van der Waals surface area contributed by atoms with E-state index in [2.05, 4.69) is 6.07 Å². The van der Waals surface area contributed by atoms with Crippen molar-refractivity contribution in [3.05, 3.63) is 35.4 Å². The fourth-order valence-corrected chi connectivity index (χ4v) is 1.26. The predicted octanol–water partition coefficient (Wildman–Crippen LogP) is 1.47. The van der Waals surface area contributed by atoms with Gasteiger partial charge in [0.2, 0.25) is 0 Å². The van der Waals surface area contributed by atoms with Crippen molar-refractivity contribution in [2.24, 2.45) is 0 Å². The average Bonchev–Trinajstić information content (AvgIpc) is 2.16. The summed E-state index contributed by atoms with van der Waals surface area (Å²) in [4.78, 5) is 0. The Morgan fingerprint density at radius 1 is 1.50 bits per heavy atom. The lowest BCUT2D eigenvalue weighted by atomic mass is 10.1. The van der Waals surface area contributed by atoms with Crippen LogP contribution in [0.25, 0.3) is 0 Å². The molecule has 1 aromatic carbocycles. The van der Waals surface area contributed by atoms with Crippen LogP contribution in [-0.4, -0.2) is 19.3 Å². The first-order valence-electron chi connectivity index (χ1n) is 4.57. The Morgan fingerprint density at radius 3 is 3.00 bits per heavy atom. The Kier molecular flexibility index (Phi) is 2.78. The summed E-state index contributed by atoms with van der Waals surface area (Å²) in [6.45, 7) is 1.94. The highest BCUT2D eigenvalue weighted by Crippen LogP contribution is 2.10. The molecule has 1 aliphatic rings. The molecule has 72 valence electrons. The maximum absolute atomic E-state index is 8.69. The number of nitrogens with zero attached hydrogens (tertiary/aromatic N) is 1. The van der Waals surface area contributed by atoms with Gasteiger partial charge in [0.1, 0.15) is 6.10 Å². The molecule has 1 saturated heterocycles. The van der Waals surface area contributed by atoms with Gasteiger partial charge in [-0.2, -0.15) is 5.26 Å². The lowest BCUT2D eigenvalue weighted by Gasteiger charge is -2.25. The van der Waals surface area contributed by atoms with Crippen molar-refractivity contribution in [1.29, 1.82) is 5.26 Å². The summed E-state index contributed by atoms with van der Waals surface area (Å²) in [5, 5.41) is 8.69. The van der Waals surface area contributed by atoms with E-state index in [1.165, 1.54) is 0 Å². The van der Waals surface area contributed by atoms with E-state index < -0.39 is 0 Å². The minimum Gasteiger partial charge on any atom is -0.376 e. The molecule has 0 radical (unpaired) electrons. The van der Waals surface area contributed by atoms with Gasteiger partial charge >= 0.3 is 0 Å². The fourth-order valence-electron chi connectivity index (χ4n) is 1.26. The molecule has 3 heteroatoms. The number of hydrogen-bond donors (Lipinski definition) is 0. The smallest absolute Gasteiger partial charge is 0.105 e. The molecule has 1 aliphatic heterocycles. The highest BCUT2D eigenvalue weighted by molar-refractivity contribution is 5.32. The van der Waals surface area contributed by atoms with Gasteiger partial charge in [-0.05, 0) is 17.7 Å². The van der Waals surface area contributed by atoms with E-state index in [0.29, 0.717) is 25.4 Å². The van der Waals surface area contributed by atoms with Crippen LogP contribution in [0, 0.1) is 11.3 Å². The molecule has 1 heterocycles. The second kappa shape index (κ2) is 4.23. The molecule has 0 N–H and O–H groups in total. The summed E-state index contributed by atoms with van der Waals surface area (Å²) < 4.78 is 10.5. The normalized spacial score (nSPS) is 15.9. The quantitative estimate of drug-likeness (QED) is 0.723. The van der Waals surface area contributed by atoms with Crippen molar-refractivity contribution in [3.8, 4) is 6.07 Å². The van der Waals surface area contributed by atoms with E-state index in [1.807, 2.05) is 18.2 Å². The molecular formula is C11H11NO2. The molecule has 0 saturated carbocycles. The summed E-state index contributed by atoms with van der Waals surface area (Å²) in [6.07, 6.45) is 0.237. The largest absolute Gasteiger partial charge is 0.376 e. The Morgan fingerprint density at radius 2 is 2.36 bits per heavy atom. The number of rotatable bonds is 3. The Hall–Kier alpha value is -1.37. The van der Waals surface area contributed by atoms with Gasteiger partial charge in [-0.25, -0.2) is 0 Å². The van der Waals surface area contributed by atoms with Crippen molar-refractivity contribution in [2.45, 2.75) is 12.7 Å². The van der Waals surface area contributed by atoms with Crippen molar-refractivity contribution < 1.29 is 9.47 Å². The van der Waals surface area contributed by atoms with Crippen LogP contribution in [0.4, 0.5) is 0 Å². The zero-order chi connectivity index (χ0) is 9.80. The second-order valence-electron chi connectivity index (χ2n) is 3.28. The molecule has 0 amide bonds. The molecule has 0 aromatic heterocycles. The van der Waals surface area contributed by atoms with E-state index in [4.69, 9.17) is 14.7 Å². The van der Waals surface area contributed by atoms with Gasteiger partial charge in [0, 0.05) is 0 Å². The Balaban J connectivity index is 1.91. The Bertz CT molecular complexity index is 353. The van der Waals surface area contributed by atoms with Crippen LogP contribution in [0.3, 0.4) is 0 Å². The average molecular weight is 189 g/mol.